The molecule has 0 saturated carbocycles. The molecule has 1 aromatic heterocycles. The first-order chi connectivity index (χ1) is 15.5. The van der Waals surface area contributed by atoms with E-state index in [1.807, 2.05) is 47.8 Å². The molecule has 1 saturated heterocycles. The number of carbonyl (C=O) groups is 3. The summed E-state index contributed by atoms with van der Waals surface area (Å²) in [7, 11) is 0. The Hall–Kier alpha value is -2.07. The molecule has 1 aromatic carbocycles. The topological polar surface area (TPSA) is 95.9 Å². The average molecular weight is 513 g/mol. The fourth-order valence-corrected chi connectivity index (χ4v) is 5.89. The largest absolute Gasteiger partial charge is 0.480 e. The van der Waals surface area contributed by atoms with Crippen LogP contribution in [0.4, 0.5) is 0 Å². The van der Waals surface area contributed by atoms with Gasteiger partial charge >= 0.3 is 11.9 Å². The van der Waals surface area contributed by atoms with E-state index in [9.17, 15) is 19.5 Å². The Balaban J connectivity index is 0.00000385. The van der Waals surface area contributed by atoms with Gasteiger partial charge in [-0.15, -0.1) is 35.5 Å². The van der Waals surface area contributed by atoms with Crippen molar-refractivity contribution in [3.8, 4) is 0 Å². The number of nitrogens with one attached hydrogen (secondary N) is 1. The van der Waals surface area contributed by atoms with E-state index in [-0.39, 0.29) is 36.7 Å². The number of thiophene rings is 1. The number of hydrogen-bond acceptors (Lipinski definition) is 7. The van der Waals surface area contributed by atoms with Gasteiger partial charge in [0.15, 0.2) is 0 Å². The van der Waals surface area contributed by atoms with Gasteiger partial charge in [0.05, 0.1) is 17.9 Å². The maximum atomic E-state index is 13.2. The molecule has 0 aliphatic carbocycles. The van der Waals surface area contributed by atoms with Crippen molar-refractivity contribution >= 4 is 53.4 Å². The lowest BCUT2D eigenvalue weighted by atomic mass is 10.0. The molecule has 1 fully saturated rings. The minimum absolute atomic E-state index is 0. The number of aryl methyl sites for hydroxylation is 1. The SMILES string of the molecule is CCOC(=O)C(CCc1ccccc1)NC1CS[C@H](c2cccs2)CN(CC(=O)O)C1=O.Cl. The Bertz CT molecular complexity index is 898. The molecule has 1 amide bonds. The second kappa shape index (κ2) is 13.6. The van der Waals surface area contributed by atoms with Gasteiger partial charge in [-0.2, -0.15) is 0 Å². The zero-order chi connectivity index (χ0) is 22.9. The van der Waals surface area contributed by atoms with Crippen molar-refractivity contribution in [2.24, 2.45) is 0 Å². The van der Waals surface area contributed by atoms with Crippen molar-refractivity contribution in [1.29, 1.82) is 0 Å². The molecule has 0 spiro atoms. The van der Waals surface area contributed by atoms with Crippen LogP contribution in [-0.2, 0) is 25.5 Å². The monoisotopic (exact) mass is 512 g/mol. The van der Waals surface area contributed by atoms with Crippen LogP contribution in [0.25, 0.3) is 0 Å². The van der Waals surface area contributed by atoms with Gasteiger partial charge in [-0.1, -0.05) is 36.4 Å². The van der Waals surface area contributed by atoms with Crippen molar-refractivity contribution in [3.63, 3.8) is 0 Å². The number of hydrogen-bond donors (Lipinski definition) is 2. The highest BCUT2D eigenvalue weighted by Crippen LogP contribution is 2.35. The van der Waals surface area contributed by atoms with Crippen LogP contribution in [0.3, 0.4) is 0 Å². The highest BCUT2D eigenvalue weighted by molar-refractivity contribution is 7.99. The van der Waals surface area contributed by atoms with Crippen LogP contribution in [0.1, 0.15) is 29.0 Å². The summed E-state index contributed by atoms with van der Waals surface area (Å²) in [6.07, 6.45) is 1.13. The fourth-order valence-electron chi connectivity index (χ4n) is 3.63. The molecule has 7 nitrogen and oxygen atoms in total. The number of halogens is 1. The molecule has 0 bridgehead atoms. The molecular weight excluding hydrogens is 484 g/mol. The summed E-state index contributed by atoms with van der Waals surface area (Å²) >= 11 is 3.20. The molecular formula is C23H29ClN2O5S2. The lowest BCUT2D eigenvalue weighted by Crippen LogP contribution is -2.53. The first kappa shape index (κ1) is 27.2. The number of thioether (sulfide) groups is 1. The number of rotatable bonds is 10. The Morgan fingerprint density at radius 3 is 2.64 bits per heavy atom. The average Bonchev–Trinajstić information content (AvgIpc) is 3.27. The number of nitrogens with zero attached hydrogens (tertiary/aromatic N) is 1. The lowest BCUT2D eigenvalue weighted by Gasteiger charge is -2.26. The molecule has 180 valence electrons. The number of amides is 1. The quantitative estimate of drug-likeness (QED) is 0.471. The molecule has 3 atom stereocenters. The van der Waals surface area contributed by atoms with Gasteiger partial charge in [-0.25, -0.2) is 0 Å². The van der Waals surface area contributed by atoms with Crippen molar-refractivity contribution in [2.45, 2.75) is 37.1 Å². The van der Waals surface area contributed by atoms with Gasteiger partial charge in [0.1, 0.15) is 12.6 Å². The van der Waals surface area contributed by atoms with Crippen molar-refractivity contribution in [2.75, 3.05) is 25.4 Å². The van der Waals surface area contributed by atoms with E-state index in [2.05, 4.69) is 5.32 Å². The predicted octanol–water partition coefficient (Wildman–Crippen LogP) is 3.39. The highest BCUT2D eigenvalue weighted by Gasteiger charge is 2.36. The summed E-state index contributed by atoms with van der Waals surface area (Å²) in [5, 5.41) is 14.5. The predicted molar refractivity (Wildman–Crippen MR) is 133 cm³/mol. The van der Waals surface area contributed by atoms with E-state index in [1.165, 1.54) is 4.90 Å². The number of ether oxygens (including phenoxy) is 1. The molecule has 2 aromatic rings. The zero-order valence-corrected chi connectivity index (χ0v) is 20.8. The van der Waals surface area contributed by atoms with E-state index >= 15 is 0 Å². The summed E-state index contributed by atoms with van der Waals surface area (Å²) < 4.78 is 5.25. The number of carboxylic acids is 1. The van der Waals surface area contributed by atoms with Crippen LogP contribution >= 0.6 is 35.5 Å². The van der Waals surface area contributed by atoms with Gasteiger partial charge in [-0.3, -0.25) is 19.7 Å². The van der Waals surface area contributed by atoms with Gasteiger partial charge in [0.2, 0.25) is 5.91 Å². The van der Waals surface area contributed by atoms with E-state index in [0.717, 1.165) is 10.4 Å². The van der Waals surface area contributed by atoms with Crippen LogP contribution in [0.15, 0.2) is 47.8 Å². The maximum absolute atomic E-state index is 13.2. The number of benzene rings is 1. The number of carbonyl (C=O) groups excluding carboxylic acids is 2. The van der Waals surface area contributed by atoms with Crippen LogP contribution in [-0.4, -0.2) is 65.4 Å². The van der Waals surface area contributed by atoms with Crippen molar-refractivity contribution in [3.05, 3.63) is 58.3 Å². The lowest BCUT2D eigenvalue weighted by molar-refractivity contribution is -0.148. The maximum Gasteiger partial charge on any atom is 0.323 e. The Labute approximate surface area is 208 Å². The van der Waals surface area contributed by atoms with Gasteiger partial charge in [0.25, 0.3) is 0 Å². The van der Waals surface area contributed by atoms with Crippen molar-refractivity contribution in [1.82, 2.24) is 10.2 Å². The minimum atomic E-state index is -1.06. The van der Waals surface area contributed by atoms with E-state index in [4.69, 9.17) is 4.74 Å². The second-order valence-electron chi connectivity index (χ2n) is 7.50. The van der Waals surface area contributed by atoms with Gasteiger partial charge in [0, 0.05) is 17.2 Å². The first-order valence-corrected chi connectivity index (χ1v) is 12.5. The molecule has 3 rings (SSSR count). The molecule has 0 radical (unpaired) electrons. The van der Waals surface area contributed by atoms with E-state index in [0.29, 0.717) is 25.1 Å². The van der Waals surface area contributed by atoms with E-state index < -0.39 is 24.0 Å². The van der Waals surface area contributed by atoms with Gasteiger partial charge in [-0.05, 0) is 36.8 Å². The van der Waals surface area contributed by atoms with E-state index in [1.54, 1.807) is 30.0 Å². The summed E-state index contributed by atoms with van der Waals surface area (Å²) in [5.41, 5.74) is 1.09. The summed E-state index contributed by atoms with van der Waals surface area (Å²) in [5.74, 6) is -1.31. The molecule has 2 unspecified atom stereocenters. The first-order valence-electron chi connectivity index (χ1n) is 10.6. The van der Waals surface area contributed by atoms with Crippen LogP contribution < -0.4 is 5.32 Å². The summed E-state index contributed by atoms with van der Waals surface area (Å²) in [6, 6.07) is 12.4. The van der Waals surface area contributed by atoms with Crippen LogP contribution in [0, 0.1) is 0 Å². The summed E-state index contributed by atoms with van der Waals surface area (Å²) in [6.45, 7) is 1.95. The third-order valence-electron chi connectivity index (χ3n) is 5.18. The van der Waals surface area contributed by atoms with Crippen LogP contribution in [0.2, 0.25) is 0 Å². The summed E-state index contributed by atoms with van der Waals surface area (Å²) in [4.78, 5) is 39.7. The Morgan fingerprint density at radius 2 is 2.00 bits per heavy atom. The molecule has 33 heavy (non-hydrogen) atoms. The number of esters is 1. The van der Waals surface area contributed by atoms with Crippen molar-refractivity contribution < 1.29 is 24.2 Å². The number of carboxylic acid groups (broad SMARTS) is 1. The smallest absolute Gasteiger partial charge is 0.323 e. The standard InChI is InChI=1S/C23H28N2O5S2.ClH/c1-2-30-23(29)17(11-10-16-7-4-3-5-8-16)24-18-15-32-20(19-9-6-12-31-19)13-25(22(18)28)14-21(26)27;/h3-9,12,17-18,20,24H,2,10-11,13-15H2,1H3,(H,26,27);1H/t17?,18?,20-;/m0./s1. The highest BCUT2D eigenvalue weighted by atomic mass is 35.5. The fraction of sp³-hybridized carbons (Fsp3) is 0.435. The van der Waals surface area contributed by atoms with Gasteiger partial charge < -0.3 is 14.7 Å². The minimum Gasteiger partial charge on any atom is -0.480 e. The molecule has 2 heterocycles. The molecule has 2 N–H and O–H groups in total. The zero-order valence-electron chi connectivity index (χ0n) is 18.3. The Kier molecular flexibility index (Phi) is 11.2. The van der Waals surface area contributed by atoms with Crippen LogP contribution in [0.5, 0.6) is 0 Å². The molecule has 1 aliphatic rings. The normalized spacial score (nSPS) is 19.3. The number of aliphatic carboxylic acids is 1. The second-order valence-corrected chi connectivity index (χ2v) is 9.71. The molecule has 10 heteroatoms. The third kappa shape index (κ3) is 8.03. The third-order valence-corrected chi connectivity index (χ3v) is 7.65. The molecule has 1 aliphatic heterocycles. The Morgan fingerprint density at radius 1 is 1.24 bits per heavy atom.